The molecule has 1 aliphatic rings. The van der Waals surface area contributed by atoms with Crippen molar-refractivity contribution in [1.82, 2.24) is 24.3 Å². The van der Waals surface area contributed by atoms with Gasteiger partial charge in [-0.1, -0.05) is 18.2 Å². The lowest BCUT2D eigenvalue weighted by molar-refractivity contribution is 0.0676. The third-order valence-corrected chi connectivity index (χ3v) is 6.59. The molecule has 2 amide bonds. The number of hydrogen-bond donors (Lipinski definition) is 2. The summed E-state index contributed by atoms with van der Waals surface area (Å²) in [5.74, 6) is 0. The monoisotopic (exact) mass is 492 g/mol. The zero-order chi connectivity index (χ0) is 25.2. The van der Waals surface area contributed by atoms with E-state index in [2.05, 4.69) is 15.6 Å². The van der Waals surface area contributed by atoms with Crippen LogP contribution in [-0.4, -0.2) is 71.1 Å². The molecule has 1 saturated heterocycles. The SMILES string of the molecule is COCCn1c(=O)n(C)c2cnc3ccc(-c4ccc(NC(=O)NCCN5CC(F)C5)cc4)cc3c21. The molecule has 3 heterocycles. The van der Waals surface area contributed by atoms with Crippen LogP contribution in [0.2, 0.25) is 0 Å². The van der Waals surface area contributed by atoms with E-state index in [1.54, 1.807) is 29.5 Å². The number of carbonyl (C=O) groups is 1. The second-order valence-corrected chi connectivity index (χ2v) is 9.03. The van der Waals surface area contributed by atoms with Crippen LogP contribution in [0, 0.1) is 0 Å². The van der Waals surface area contributed by atoms with Crippen molar-refractivity contribution in [3.8, 4) is 11.1 Å². The minimum atomic E-state index is -0.740. The number of hydrogen-bond acceptors (Lipinski definition) is 5. The number of amides is 2. The fourth-order valence-corrected chi connectivity index (χ4v) is 4.58. The number of imidazole rings is 1. The number of ether oxygens (including phenoxy) is 1. The largest absolute Gasteiger partial charge is 0.383 e. The maximum atomic E-state index is 12.9. The van der Waals surface area contributed by atoms with Crippen molar-refractivity contribution in [2.24, 2.45) is 7.05 Å². The van der Waals surface area contributed by atoms with Crippen LogP contribution in [0.5, 0.6) is 0 Å². The third-order valence-electron chi connectivity index (χ3n) is 6.59. The number of nitrogens with one attached hydrogen (secondary N) is 2. The van der Waals surface area contributed by atoms with E-state index in [4.69, 9.17) is 4.74 Å². The highest BCUT2D eigenvalue weighted by Crippen LogP contribution is 2.29. The van der Waals surface area contributed by atoms with Crippen LogP contribution in [0.4, 0.5) is 14.9 Å². The van der Waals surface area contributed by atoms with E-state index in [-0.39, 0.29) is 11.7 Å². The molecule has 10 heteroatoms. The molecule has 0 radical (unpaired) electrons. The molecule has 2 N–H and O–H groups in total. The average molecular weight is 493 g/mol. The summed E-state index contributed by atoms with van der Waals surface area (Å²) in [5, 5.41) is 6.51. The van der Waals surface area contributed by atoms with E-state index < -0.39 is 6.17 Å². The number of aryl methyl sites for hydroxylation is 1. The summed E-state index contributed by atoms with van der Waals surface area (Å²) < 4.78 is 21.4. The Morgan fingerprint density at radius 1 is 1.14 bits per heavy atom. The summed E-state index contributed by atoms with van der Waals surface area (Å²) in [6.45, 7) is 2.86. The Morgan fingerprint density at radius 2 is 1.89 bits per heavy atom. The standard InChI is InChI=1S/C26H29FN6O3/c1-31-23-14-29-22-8-5-18(13-21(22)24(23)33(26(31)35)11-12-36-2)17-3-6-20(7-4-17)30-25(34)28-9-10-32-15-19(27)16-32/h3-8,13-14,19H,9-12,15-16H2,1-2H3,(H2,28,30,34). The van der Waals surface area contributed by atoms with Crippen LogP contribution in [0.3, 0.4) is 0 Å². The lowest BCUT2D eigenvalue weighted by atomic mass is 10.0. The lowest BCUT2D eigenvalue weighted by Gasteiger charge is -2.34. The number of alkyl halides is 1. The maximum Gasteiger partial charge on any atom is 0.328 e. The number of aromatic nitrogens is 3. The first-order valence-electron chi connectivity index (χ1n) is 11.9. The van der Waals surface area contributed by atoms with Gasteiger partial charge in [-0.2, -0.15) is 0 Å². The van der Waals surface area contributed by atoms with E-state index in [1.165, 1.54) is 0 Å². The van der Waals surface area contributed by atoms with Gasteiger partial charge < -0.3 is 15.4 Å². The maximum absolute atomic E-state index is 12.9. The zero-order valence-corrected chi connectivity index (χ0v) is 20.3. The van der Waals surface area contributed by atoms with Gasteiger partial charge in [0.1, 0.15) is 6.17 Å². The number of fused-ring (bicyclic) bond motifs is 3. The molecule has 4 aromatic rings. The molecule has 36 heavy (non-hydrogen) atoms. The summed E-state index contributed by atoms with van der Waals surface area (Å²) in [6.07, 6.45) is 0.991. The average Bonchev–Trinajstić information content (AvgIpc) is 3.11. The Morgan fingerprint density at radius 3 is 2.61 bits per heavy atom. The zero-order valence-electron chi connectivity index (χ0n) is 20.3. The molecule has 2 aromatic heterocycles. The Kier molecular flexibility index (Phi) is 6.71. The topological polar surface area (TPSA) is 93.4 Å². The highest BCUT2D eigenvalue weighted by molar-refractivity contribution is 6.04. The highest BCUT2D eigenvalue weighted by Gasteiger charge is 2.25. The van der Waals surface area contributed by atoms with Gasteiger partial charge in [0.2, 0.25) is 0 Å². The third kappa shape index (κ3) is 4.69. The lowest BCUT2D eigenvalue weighted by Crippen LogP contribution is -2.51. The van der Waals surface area contributed by atoms with Gasteiger partial charge in [0.15, 0.2) is 0 Å². The van der Waals surface area contributed by atoms with Crippen LogP contribution < -0.4 is 16.3 Å². The van der Waals surface area contributed by atoms with Gasteiger partial charge in [-0.05, 0) is 35.4 Å². The number of likely N-dealkylation sites (tertiary alicyclic amines) is 1. The quantitative estimate of drug-likeness (QED) is 0.395. The molecule has 0 bridgehead atoms. The van der Waals surface area contributed by atoms with Crippen molar-refractivity contribution in [1.29, 1.82) is 0 Å². The summed E-state index contributed by atoms with van der Waals surface area (Å²) in [5.41, 5.74) is 4.92. The molecular formula is C26H29FN6O3. The number of rotatable bonds is 8. The van der Waals surface area contributed by atoms with Gasteiger partial charge in [-0.25, -0.2) is 14.0 Å². The van der Waals surface area contributed by atoms with Gasteiger partial charge in [-0.15, -0.1) is 0 Å². The van der Waals surface area contributed by atoms with E-state index in [0.717, 1.165) is 33.1 Å². The van der Waals surface area contributed by atoms with Gasteiger partial charge >= 0.3 is 11.7 Å². The summed E-state index contributed by atoms with van der Waals surface area (Å²) in [7, 11) is 3.36. The van der Waals surface area contributed by atoms with Crippen LogP contribution in [-0.2, 0) is 18.3 Å². The first-order valence-corrected chi connectivity index (χ1v) is 11.9. The Balaban J connectivity index is 1.34. The molecular weight excluding hydrogens is 463 g/mol. The predicted octanol–water partition coefficient (Wildman–Crippen LogP) is 2.98. The predicted molar refractivity (Wildman–Crippen MR) is 138 cm³/mol. The fourth-order valence-electron chi connectivity index (χ4n) is 4.58. The molecule has 1 fully saturated rings. The van der Waals surface area contributed by atoms with Crippen LogP contribution in [0.15, 0.2) is 53.5 Å². The van der Waals surface area contributed by atoms with Crippen molar-refractivity contribution in [2.45, 2.75) is 12.7 Å². The van der Waals surface area contributed by atoms with Gasteiger partial charge in [-0.3, -0.25) is 19.0 Å². The molecule has 0 atom stereocenters. The van der Waals surface area contributed by atoms with Crippen LogP contribution in [0.1, 0.15) is 0 Å². The smallest absolute Gasteiger partial charge is 0.328 e. The molecule has 2 aromatic carbocycles. The highest BCUT2D eigenvalue weighted by atomic mass is 19.1. The number of pyridine rings is 1. The molecule has 9 nitrogen and oxygen atoms in total. The molecule has 0 spiro atoms. The van der Waals surface area contributed by atoms with Crippen LogP contribution in [0.25, 0.3) is 33.1 Å². The van der Waals surface area contributed by atoms with Gasteiger partial charge in [0, 0.05) is 51.4 Å². The number of methoxy groups -OCH3 is 1. The molecule has 188 valence electrons. The minimum Gasteiger partial charge on any atom is -0.383 e. The second-order valence-electron chi connectivity index (χ2n) is 9.03. The summed E-state index contributed by atoms with van der Waals surface area (Å²) >= 11 is 0. The number of halogens is 1. The fraction of sp³-hybridized carbons (Fsp3) is 0.346. The molecule has 1 aliphatic heterocycles. The summed E-state index contributed by atoms with van der Waals surface area (Å²) in [4.78, 5) is 31.5. The van der Waals surface area contributed by atoms with Crippen molar-refractivity contribution >= 4 is 33.7 Å². The van der Waals surface area contributed by atoms with E-state index in [0.29, 0.717) is 45.0 Å². The Labute approximate surface area is 207 Å². The Bertz CT molecular complexity index is 1460. The number of urea groups is 1. The first kappa shape index (κ1) is 24.0. The van der Waals surface area contributed by atoms with E-state index in [9.17, 15) is 14.0 Å². The van der Waals surface area contributed by atoms with Gasteiger partial charge in [0.05, 0.1) is 35.9 Å². The number of benzene rings is 2. The first-order chi connectivity index (χ1) is 17.4. The van der Waals surface area contributed by atoms with E-state index in [1.807, 2.05) is 47.4 Å². The second kappa shape index (κ2) is 10.1. The molecule has 5 rings (SSSR count). The Hall–Kier alpha value is -3.76. The van der Waals surface area contributed by atoms with Crippen molar-refractivity contribution < 1.29 is 13.9 Å². The van der Waals surface area contributed by atoms with E-state index >= 15 is 0 Å². The molecule has 0 aliphatic carbocycles. The molecule has 0 saturated carbocycles. The van der Waals surface area contributed by atoms with Crippen molar-refractivity contribution in [2.75, 3.05) is 45.2 Å². The number of anilines is 1. The van der Waals surface area contributed by atoms with Crippen molar-refractivity contribution in [3.63, 3.8) is 0 Å². The van der Waals surface area contributed by atoms with Gasteiger partial charge in [0.25, 0.3) is 0 Å². The number of nitrogens with zero attached hydrogens (tertiary/aromatic N) is 4. The normalized spacial score (nSPS) is 14.3. The van der Waals surface area contributed by atoms with Crippen molar-refractivity contribution in [3.05, 3.63) is 59.1 Å². The molecule has 0 unspecified atom stereocenters. The minimum absolute atomic E-state index is 0.105. The summed E-state index contributed by atoms with van der Waals surface area (Å²) in [6, 6.07) is 13.3. The number of carbonyl (C=O) groups excluding carboxylic acids is 1. The van der Waals surface area contributed by atoms with Crippen LogP contribution >= 0.6 is 0 Å².